The van der Waals surface area contributed by atoms with E-state index in [1.54, 1.807) is 0 Å². The van der Waals surface area contributed by atoms with Crippen LogP contribution in [-0.2, 0) is 0 Å². The molecule has 0 saturated heterocycles. The Hall–Kier alpha value is 0. The summed E-state index contributed by atoms with van der Waals surface area (Å²) in [5, 5.41) is 0. The molecule has 0 amide bonds. The second kappa shape index (κ2) is 12.7. The van der Waals surface area contributed by atoms with Crippen molar-refractivity contribution in [3.8, 4) is 0 Å². The molecule has 0 rings (SSSR count). The maximum atomic E-state index is 2.52. The van der Waals surface area contributed by atoms with Gasteiger partial charge in [-0.05, 0) is 30.1 Å². The lowest BCUT2D eigenvalue weighted by molar-refractivity contribution is 0.199. The summed E-state index contributed by atoms with van der Waals surface area (Å²) < 4.78 is 0. The molecular formula is C20H42. The van der Waals surface area contributed by atoms with Crippen LogP contribution in [0.5, 0.6) is 0 Å². The van der Waals surface area contributed by atoms with E-state index in [4.69, 9.17) is 0 Å². The second-order valence-corrected chi connectivity index (χ2v) is 7.37. The van der Waals surface area contributed by atoms with Crippen molar-refractivity contribution < 1.29 is 0 Å². The van der Waals surface area contributed by atoms with E-state index in [0.29, 0.717) is 0 Å². The van der Waals surface area contributed by atoms with Crippen molar-refractivity contribution in [2.45, 2.75) is 106 Å². The average Bonchev–Trinajstić information content (AvgIpc) is 2.40. The Morgan fingerprint density at radius 3 is 1.70 bits per heavy atom. The molecule has 0 aromatic heterocycles. The largest absolute Gasteiger partial charge is 0.0654 e. The van der Waals surface area contributed by atoms with Crippen molar-refractivity contribution in [1.82, 2.24) is 0 Å². The molecule has 0 heteroatoms. The van der Waals surface area contributed by atoms with Crippen LogP contribution in [0.4, 0.5) is 0 Å². The minimum absolute atomic E-state index is 0.922. The van der Waals surface area contributed by atoms with Crippen molar-refractivity contribution in [2.75, 3.05) is 0 Å². The van der Waals surface area contributed by atoms with Crippen molar-refractivity contribution in [3.05, 3.63) is 0 Å². The van der Waals surface area contributed by atoms with E-state index in [1.807, 2.05) is 0 Å². The molecule has 0 spiro atoms. The van der Waals surface area contributed by atoms with Crippen LogP contribution < -0.4 is 0 Å². The minimum atomic E-state index is 0.922. The third-order valence-corrected chi connectivity index (χ3v) is 5.24. The Kier molecular flexibility index (Phi) is 12.7. The Morgan fingerprint density at radius 1 is 0.550 bits per heavy atom. The first-order valence-corrected chi connectivity index (χ1v) is 9.56. The van der Waals surface area contributed by atoms with Gasteiger partial charge < -0.3 is 0 Å². The highest BCUT2D eigenvalue weighted by atomic mass is 14.3. The highest BCUT2D eigenvalue weighted by molar-refractivity contribution is 4.73. The number of hydrogen-bond donors (Lipinski definition) is 0. The molecule has 4 unspecified atom stereocenters. The number of rotatable bonds is 13. The van der Waals surface area contributed by atoms with Crippen LogP contribution in [0.25, 0.3) is 0 Å². The molecule has 0 aliphatic heterocycles. The normalized spacial score (nSPS) is 17.7. The van der Waals surface area contributed by atoms with E-state index in [9.17, 15) is 0 Å². The van der Waals surface area contributed by atoms with Gasteiger partial charge in [0.15, 0.2) is 0 Å². The fourth-order valence-corrected chi connectivity index (χ4v) is 3.84. The molecule has 0 heterocycles. The fraction of sp³-hybridized carbons (Fsp3) is 1.00. The van der Waals surface area contributed by atoms with E-state index in [1.165, 1.54) is 64.2 Å². The van der Waals surface area contributed by atoms with Crippen molar-refractivity contribution >= 4 is 0 Å². The zero-order chi connectivity index (χ0) is 15.4. The highest BCUT2D eigenvalue weighted by Gasteiger charge is 2.23. The molecule has 0 fully saturated rings. The Bertz CT molecular complexity index is 196. The summed E-state index contributed by atoms with van der Waals surface area (Å²) in [5.41, 5.74) is 0. The van der Waals surface area contributed by atoms with Crippen LogP contribution in [0, 0.1) is 23.7 Å². The van der Waals surface area contributed by atoms with Gasteiger partial charge in [0.2, 0.25) is 0 Å². The van der Waals surface area contributed by atoms with Gasteiger partial charge in [-0.3, -0.25) is 0 Å². The van der Waals surface area contributed by atoms with Crippen molar-refractivity contribution in [2.24, 2.45) is 23.7 Å². The SMILES string of the molecule is CCCCCC(C)C(CCC(C)CCC)C(C)CCC. The maximum Gasteiger partial charge on any atom is -0.0363 e. The Morgan fingerprint density at radius 2 is 1.15 bits per heavy atom. The molecule has 0 aromatic rings. The van der Waals surface area contributed by atoms with Gasteiger partial charge in [0, 0.05) is 0 Å². The summed E-state index contributed by atoms with van der Waals surface area (Å²) in [4.78, 5) is 0. The third kappa shape index (κ3) is 9.03. The quantitative estimate of drug-likeness (QED) is 0.307. The van der Waals surface area contributed by atoms with Crippen molar-refractivity contribution in [1.29, 1.82) is 0 Å². The lowest BCUT2D eigenvalue weighted by Crippen LogP contribution is -2.21. The lowest BCUT2D eigenvalue weighted by atomic mass is 9.75. The van der Waals surface area contributed by atoms with E-state index in [2.05, 4.69) is 41.5 Å². The van der Waals surface area contributed by atoms with E-state index >= 15 is 0 Å². The van der Waals surface area contributed by atoms with Gasteiger partial charge in [-0.1, -0.05) is 99.3 Å². The molecule has 0 bridgehead atoms. The highest BCUT2D eigenvalue weighted by Crippen LogP contribution is 2.33. The standard InChI is InChI=1S/C20H42/c1-7-10-11-14-19(6)20(18(5)13-9-3)16-15-17(4)12-8-2/h17-20H,7-16H2,1-6H3. The summed E-state index contributed by atoms with van der Waals surface area (Å²) in [6.45, 7) is 14.5. The molecule has 0 aromatic carbocycles. The molecule has 4 atom stereocenters. The van der Waals surface area contributed by atoms with Gasteiger partial charge in [0.1, 0.15) is 0 Å². The smallest absolute Gasteiger partial charge is 0.0363 e. The van der Waals surface area contributed by atoms with Crippen molar-refractivity contribution in [3.63, 3.8) is 0 Å². The monoisotopic (exact) mass is 282 g/mol. The van der Waals surface area contributed by atoms with E-state index in [0.717, 1.165) is 23.7 Å². The summed E-state index contributed by atoms with van der Waals surface area (Å²) in [6.07, 6.45) is 14.1. The molecule has 0 radical (unpaired) electrons. The lowest BCUT2D eigenvalue weighted by Gasteiger charge is -2.31. The third-order valence-electron chi connectivity index (χ3n) is 5.24. The first-order chi connectivity index (χ1) is 9.56. The van der Waals surface area contributed by atoms with Crippen LogP contribution in [0.2, 0.25) is 0 Å². The van der Waals surface area contributed by atoms with Gasteiger partial charge in [-0.25, -0.2) is 0 Å². The Balaban J connectivity index is 4.31. The van der Waals surface area contributed by atoms with E-state index < -0.39 is 0 Å². The molecule has 20 heavy (non-hydrogen) atoms. The number of unbranched alkanes of at least 4 members (excludes halogenated alkanes) is 2. The van der Waals surface area contributed by atoms with Gasteiger partial charge >= 0.3 is 0 Å². The molecule has 0 N–H and O–H groups in total. The topological polar surface area (TPSA) is 0 Å². The molecular weight excluding hydrogens is 240 g/mol. The summed E-state index contributed by atoms with van der Waals surface area (Å²) >= 11 is 0. The first kappa shape index (κ1) is 20.0. The minimum Gasteiger partial charge on any atom is -0.0654 e. The zero-order valence-corrected chi connectivity index (χ0v) is 15.4. The van der Waals surface area contributed by atoms with Gasteiger partial charge in [-0.15, -0.1) is 0 Å². The summed E-state index contributed by atoms with van der Waals surface area (Å²) in [5.74, 6) is 3.74. The van der Waals surface area contributed by atoms with Crippen LogP contribution in [-0.4, -0.2) is 0 Å². The first-order valence-electron chi connectivity index (χ1n) is 9.56. The number of hydrogen-bond acceptors (Lipinski definition) is 0. The summed E-state index contributed by atoms with van der Waals surface area (Å²) in [7, 11) is 0. The zero-order valence-electron chi connectivity index (χ0n) is 15.4. The Labute approximate surface area is 130 Å². The summed E-state index contributed by atoms with van der Waals surface area (Å²) in [6, 6.07) is 0. The second-order valence-electron chi connectivity index (χ2n) is 7.37. The van der Waals surface area contributed by atoms with E-state index in [-0.39, 0.29) is 0 Å². The van der Waals surface area contributed by atoms with Crippen LogP contribution in [0.1, 0.15) is 106 Å². The fourth-order valence-electron chi connectivity index (χ4n) is 3.84. The maximum absolute atomic E-state index is 2.52. The van der Waals surface area contributed by atoms with Gasteiger partial charge in [0.05, 0.1) is 0 Å². The van der Waals surface area contributed by atoms with Gasteiger partial charge in [0.25, 0.3) is 0 Å². The predicted molar refractivity (Wildman–Crippen MR) is 94.2 cm³/mol. The molecule has 0 saturated carbocycles. The molecule has 0 aliphatic carbocycles. The molecule has 0 nitrogen and oxygen atoms in total. The van der Waals surface area contributed by atoms with Crippen LogP contribution >= 0.6 is 0 Å². The average molecular weight is 283 g/mol. The van der Waals surface area contributed by atoms with Crippen LogP contribution in [0.3, 0.4) is 0 Å². The predicted octanol–water partition coefficient (Wildman–Crippen LogP) is 7.47. The molecule has 0 aliphatic rings. The van der Waals surface area contributed by atoms with Crippen LogP contribution in [0.15, 0.2) is 0 Å². The van der Waals surface area contributed by atoms with Gasteiger partial charge in [-0.2, -0.15) is 0 Å². The molecule has 122 valence electrons.